The number of aliphatic imine (C=N–C) groups is 1. The molecule has 2 N–H and O–H groups in total. The normalized spacial score (nSPS) is 15.8. The van der Waals surface area contributed by atoms with Gasteiger partial charge in [0.15, 0.2) is 5.96 Å². The average Bonchev–Trinajstić information content (AvgIpc) is 2.55. The molecule has 0 aromatic carbocycles. The SMILES string of the molecule is CN=C(NCCNS(C)(=O)=O)N1CCN(c2ccccn2)CC1.I. The van der Waals surface area contributed by atoms with Crippen molar-refractivity contribution in [3.05, 3.63) is 24.4 Å². The highest BCUT2D eigenvalue weighted by molar-refractivity contribution is 14.0. The summed E-state index contributed by atoms with van der Waals surface area (Å²) in [5.41, 5.74) is 0. The second-order valence-corrected chi connectivity index (χ2v) is 7.14. The smallest absolute Gasteiger partial charge is 0.208 e. The van der Waals surface area contributed by atoms with Crippen molar-refractivity contribution in [2.45, 2.75) is 0 Å². The second-order valence-electron chi connectivity index (χ2n) is 5.30. The van der Waals surface area contributed by atoms with Crippen LogP contribution >= 0.6 is 24.0 Å². The van der Waals surface area contributed by atoms with Gasteiger partial charge < -0.3 is 15.1 Å². The van der Waals surface area contributed by atoms with E-state index in [-0.39, 0.29) is 24.0 Å². The van der Waals surface area contributed by atoms with E-state index in [1.807, 2.05) is 18.2 Å². The van der Waals surface area contributed by atoms with Crippen LogP contribution in [0.1, 0.15) is 0 Å². The molecule has 0 atom stereocenters. The molecule has 1 aromatic rings. The molecular formula is C14H25IN6O2S. The lowest BCUT2D eigenvalue weighted by Crippen LogP contribution is -2.53. The number of piperazine rings is 1. The summed E-state index contributed by atoms with van der Waals surface area (Å²) in [6, 6.07) is 5.92. The molecule has 0 radical (unpaired) electrons. The number of nitrogens with zero attached hydrogens (tertiary/aromatic N) is 4. The summed E-state index contributed by atoms with van der Waals surface area (Å²) in [6.45, 7) is 4.27. The maximum atomic E-state index is 11.0. The molecule has 1 saturated heterocycles. The van der Waals surface area contributed by atoms with Gasteiger partial charge >= 0.3 is 0 Å². The summed E-state index contributed by atoms with van der Waals surface area (Å²) in [5.74, 6) is 1.79. The predicted molar refractivity (Wildman–Crippen MR) is 108 cm³/mol. The summed E-state index contributed by atoms with van der Waals surface area (Å²) in [4.78, 5) is 13.0. The van der Waals surface area contributed by atoms with Crippen LogP contribution in [0.5, 0.6) is 0 Å². The number of anilines is 1. The maximum Gasteiger partial charge on any atom is 0.208 e. The second kappa shape index (κ2) is 9.99. The number of aromatic nitrogens is 1. The molecule has 10 heteroatoms. The lowest BCUT2D eigenvalue weighted by Gasteiger charge is -2.37. The Kier molecular flexibility index (Phi) is 8.70. The molecule has 0 aliphatic carbocycles. The van der Waals surface area contributed by atoms with Gasteiger partial charge in [0.1, 0.15) is 5.82 Å². The molecule has 0 spiro atoms. The minimum atomic E-state index is -3.15. The van der Waals surface area contributed by atoms with Gasteiger partial charge in [-0.3, -0.25) is 4.99 Å². The monoisotopic (exact) mass is 468 g/mol. The maximum absolute atomic E-state index is 11.0. The van der Waals surface area contributed by atoms with Crippen molar-refractivity contribution < 1.29 is 8.42 Å². The van der Waals surface area contributed by atoms with Gasteiger partial charge in [-0.15, -0.1) is 24.0 Å². The van der Waals surface area contributed by atoms with Crippen LogP contribution in [0.3, 0.4) is 0 Å². The number of hydrogen-bond donors (Lipinski definition) is 2. The molecule has 0 unspecified atom stereocenters. The largest absolute Gasteiger partial charge is 0.355 e. The fourth-order valence-corrected chi connectivity index (χ4v) is 2.90. The van der Waals surface area contributed by atoms with Crippen molar-refractivity contribution in [3.63, 3.8) is 0 Å². The molecule has 1 aliphatic heterocycles. The third kappa shape index (κ3) is 6.77. The first-order valence-corrected chi connectivity index (χ1v) is 9.45. The van der Waals surface area contributed by atoms with Gasteiger partial charge in [-0.2, -0.15) is 0 Å². The molecule has 136 valence electrons. The quantitative estimate of drug-likeness (QED) is 0.273. The van der Waals surface area contributed by atoms with Crippen molar-refractivity contribution in [2.24, 2.45) is 4.99 Å². The minimum absolute atomic E-state index is 0. The highest BCUT2D eigenvalue weighted by atomic mass is 127. The van der Waals surface area contributed by atoms with Gasteiger partial charge in [0.05, 0.1) is 6.26 Å². The van der Waals surface area contributed by atoms with E-state index in [0.717, 1.165) is 44.2 Å². The summed E-state index contributed by atoms with van der Waals surface area (Å²) in [5, 5.41) is 3.18. The van der Waals surface area contributed by atoms with E-state index < -0.39 is 10.0 Å². The van der Waals surface area contributed by atoms with Gasteiger partial charge in [0, 0.05) is 52.5 Å². The van der Waals surface area contributed by atoms with E-state index >= 15 is 0 Å². The third-order valence-electron chi connectivity index (χ3n) is 3.54. The molecule has 1 aromatic heterocycles. The molecule has 1 aliphatic rings. The first-order chi connectivity index (χ1) is 11.0. The molecule has 0 amide bonds. The number of halogens is 1. The summed E-state index contributed by atoms with van der Waals surface area (Å²) in [7, 11) is -1.42. The summed E-state index contributed by atoms with van der Waals surface area (Å²) in [6.07, 6.45) is 2.95. The van der Waals surface area contributed by atoms with Crippen LogP contribution in [0.25, 0.3) is 0 Å². The standard InChI is InChI=1S/C14H24N6O2S.HI/c1-15-14(17-7-8-18-23(2,21)22)20-11-9-19(10-12-20)13-5-3-4-6-16-13;/h3-6,18H,7-12H2,1-2H3,(H,15,17);1H. The predicted octanol–water partition coefficient (Wildman–Crippen LogP) is -0.0538. The first-order valence-electron chi connectivity index (χ1n) is 7.56. The zero-order valence-electron chi connectivity index (χ0n) is 14.0. The molecule has 2 heterocycles. The Hall–Kier alpha value is -1.14. The molecular weight excluding hydrogens is 443 g/mol. The van der Waals surface area contributed by atoms with E-state index in [2.05, 4.69) is 29.8 Å². The van der Waals surface area contributed by atoms with E-state index in [9.17, 15) is 8.42 Å². The van der Waals surface area contributed by atoms with Crippen molar-refractivity contribution in [2.75, 3.05) is 57.5 Å². The van der Waals surface area contributed by atoms with Gasteiger partial charge in [0.25, 0.3) is 0 Å². The molecule has 0 saturated carbocycles. The van der Waals surface area contributed by atoms with Gasteiger partial charge in [-0.05, 0) is 12.1 Å². The Labute approximate surface area is 160 Å². The molecule has 8 nitrogen and oxygen atoms in total. The lowest BCUT2D eigenvalue weighted by molar-refractivity contribution is 0.372. The first kappa shape index (κ1) is 20.9. The zero-order chi connectivity index (χ0) is 16.7. The van der Waals surface area contributed by atoms with Gasteiger partial charge in [0.2, 0.25) is 10.0 Å². The number of guanidine groups is 1. The zero-order valence-corrected chi connectivity index (χ0v) is 17.1. The van der Waals surface area contributed by atoms with Crippen molar-refractivity contribution in [3.8, 4) is 0 Å². The van der Waals surface area contributed by atoms with E-state index in [4.69, 9.17) is 0 Å². The molecule has 24 heavy (non-hydrogen) atoms. The van der Waals surface area contributed by atoms with Gasteiger partial charge in [-0.1, -0.05) is 6.07 Å². The van der Waals surface area contributed by atoms with Crippen LogP contribution in [-0.2, 0) is 10.0 Å². The van der Waals surface area contributed by atoms with Crippen molar-refractivity contribution in [1.82, 2.24) is 19.9 Å². The fourth-order valence-electron chi connectivity index (χ4n) is 2.43. The highest BCUT2D eigenvalue weighted by Crippen LogP contribution is 2.12. The summed E-state index contributed by atoms with van der Waals surface area (Å²) < 4.78 is 24.5. The molecule has 1 fully saturated rings. The summed E-state index contributed by atoms with van der Waals surface area (Å²) >= 11 is 0. The number of rotatable bonds is 5. The molecule has 0 bridgehead atoms. The van der Waals surface area contributed by atoms with Crippen LogP contribution in [0.4, 0.5) is 5.82 Å². The third-order valence-corrected chi connectivity index (χ3v) is 4.27. The van der Waals surface area contributed by atoms with Crippen LogP contribution < -0.4 is 14.9 Å². The van der Waals surface area contributed by atoms with E-state index in [1.165, 1.54) is 0 Å². The Balaban J connectivity index is 0.00000288. The van der Waals surface area contributed by atoms with Crippen LogP contribution in [-0.4, -0.2) is 76.8 Å². The lowest BCUT2D eigenvalue weighted by atomic mass is 10.3. The topological polar surface area (TPSA) is 89.9 Å². The highest BCUT2D eigenvalue weighted by Gasteiger charge is 2.20. The number of pyridine rings is 1. The van der Waals surface area contributed by atoms with Crippen LogP contribution in [0, 0.1) is 0 Å². The van der Waals surface area contributed by atoms with E-state index in [0.29, 0.717) is 13.1 Å². The Bertz CT molecular complexity index is 617. The van der Waals surface area contributed by atoms with Gasteiger partial charge in [-0.25, -0.2) is 18.1 Å². The Morgan fingerprint density at radius 1 is 1.25 bits per heavy atom. The Morgan fingerprint density at radius 3 is 2.50 bits per heavy atom. The Morgan fingerprint density at radius 2 is 1.96 bits per heavy atom. The van der Waals surface area contributed by atoms with Crippen molar-refractivity contribution in [1.29, 1.82) is 0 Å². The minimum Gasteiger partial charge on any atom is -0.355 e. The molecule has 2 rings (SSSR count). The van der Waals surface area contributed by atoms with E-state index in [1.54, 1.807) is 13.2 Å². The van der Waals surface area contributed by atoms with Crippen LogP contribution in [0.15, 0.2) is 29.4 Å². The van der Waals surface area contributed by atoms with Crippen LogP contribution in [0.2, 0.25) is 0 Å². The number of sulfonamides is 1. The van der Waals surface area contributed by atoms with Crippen molar-refractivity contribution >= 4 is 45.8 Å². The number of nitrogens with one attached hydrogen (secondary N) is 2. The fraction of sp³-hybridized carbons (Fsp3) is 0.571. The number of hydrogen-bond acceptors (Lipinski definition) is 5. The average molecular weight is 468 g/mol.